The molecule has 0 spiro atoms. The number of hydrogen-bond donors (Lipinski definition) is 2. The number of piperidine rings is 1. The number of unbranched alkanes of at least 4 members (excludes halogenated alkanes) is 1. The van der Waals surface area contributed by atoms with E-state index in [4.69, 9.17) is 0 Å². The summed E-state index contributed by atoms with van der Waals surface area (Å²) in [6.45, 7) is 6.07. The minimum atomic E-state index is 0.0627. The Balaban J connectivity index is 2.41. The minimum Gasteiger partial charge on any atom is -0.396 e. The van der Waals surface area contributed by atoms with E-state index in [9.17, 15) is 9.90 Å². The van der Waals surface area contributed by atoms with Crippen molar-refractivity contribution in [3.8, 4) is 0 Å². The third-order valence-corrected chi connectivity index (χ3v) is 3.94. The highest BCUT2D eigenvalue weighted by Gasteiger charge is 2.24. The van der Waals surface area contributed by atoms with E-state index in [1.165, 1.54) is 12.8 Å². The lowest BCUT2D eigenvalue weighted by atomic mass is 9.99. The van der Waals surface area contributed by atoms with Crippen LogP contribution in [0.3, 0.4) is 0 Å². The average Bonchev–Trinajstić information content (AvgIpc) is 2.45. The summed E-state index contributed by atoms with van der Waals surface area (Å²) in [4.78, 5) is 14.1. The van der Waals surface area contributed by atoms with Crippen molar-refractivity contribution in [2.45, 2.75) is 64.8 Å². The predicted octanol–water partition coefficient (Wildman–Crippen LogP) is 2.76. The molecule has 2 unspecified atom stereocenters. The van der Waals surface area contributed by atoms with Gasteiger partial charge in [-0.25, -0.2) is 4.79 Å². The molecule has 1 heterocycles. The van der Waals surface area contributed by atoms with Crippen LogP contribution in [-0.2, 0) is 0 Å². The maximum Gasteiger partial charge on any atom is 0.317 e. The summed E-state index contributed by atoms with van der Waals surface area (Å²) < 4.78 is 0. The second kappa shape index (κ2) is 9.18. The van der Waals surface area contributed by atoms with Crippen molar-refractivity contribution in [2.24, 2.45) is 5.92 Å². The van der Waals surface area contributed by atoms with Crippen LogP contribution in [-0.4, -0.2) is 41.8 Å². The lowest BCUT2D eigenvalue weighted by Gasteiger charge is -2.33. The Labute approximate surface area is 117 Å². The molecule has 0 aliphatic carbocycles. The van der Waals surface area contributed by atoms with E-state index in [2.05, 4.69) is 19.2 Å². The quantitative estimate of drug-likeness (QED) is 0.747. The van der Waals surface area contributed by atoms with Crippen LogP contribution in [0.1, 0.15) is 58.8 Å². The molecule has 0 aromatic carbocycles. The first kappa shape index (κ1) is 16.3. The molecule has 2 N–H and O–H groups in total. The maximum absolute atomic E-state index is 12.2. The zero-order valence-electron chi connectivity index (χ0n) is 12.5. The highest BCUT2D eigenvalue weighted by atomic mass is 16.3. The van der Waals surface area contributed by atoms with Gasteiger partial charge in [0, 0.05) is 25.7 Å². The number of urea groups is 1. The normalized spacial score (nSPS) is 21.2. The third-order valence-electron chi connectivity index (χ3n) is 3.94. The monoisotopic (exact) mass is 270 g/mol. The fourth-order valence-electron chi connectivity index (χ4n) is 2.75. The first-order valence-corrected chi connectivity index (χ1v) is 7.87. The van der Waals surface area contributed by atoms with Crippen molar-refractivity contribution in [1.82, 2.24) is 10.2 Å². The lowest BCUT2D eigenvalue weighted by molar-refractivity contribution is 0.127. The summed E-state index contributed by atoms with van der Waals surface area (Å²) in [5.74, 6) is 0.264. The number of carbonyl (C=O) groups excluding carboxylic acids is 1. The number of nitrogens with one attached hydrogen (secondary N) is 1. The molecular weight excluding hydrogens is 240 g/mol. The highest BCUT2D eigenvalue weighted by molar-refractivity contribution is 5.74. The van der Waals surface area contributed by atoms with Crippen molar-refractivity contribution in [3.05, 3.63) is 0 Å². The second-order valence-electron chi connectivity index (χ2n) is 5.71. The molecule has 1 saturated heterocycles. The Kier molecular flexibility index (Phi) is 7.87. The SMILES string of the molecule is CCCCC(CCC)NC(=O)N1CCCC(CO)C1. The second-order valence-corrected chi connectivity index (χ2v) is 5.71. The highest BCUT2D eigenvalue weighted by Crippen LogP contribution is 2.16. The smallest absolute Gasteiger partial charge is 0.317 e. The standard InChI is InChI=1S/C15H30N2O2/c1-3-5-9-14(7-4-2)16-15(19)17-10-6-8-13(11-17)12-18/h13-14,18H,3-12H2,1-2H3,(H,16,19). The number of likely N-dealkylation sites (tertiary alicyclic amines) is 1. The fourth-order valence-corrected chi connectivity index (χ4v) is 2.75. The van der Waals surface area contributed by atoms with Crippen LogP contribution in [0.4, 0.5) is 4.79 Å². The van der Waals surface area contributed by atoms with Crippen molar-refractivity contribution >= 4 is 6.03 Å². The van der Waals surface area contributed by atoms with E-state index < -0.39 is 0 Å². The van der Waals surface area contributed by atoms with Gasteiger partial charge in [-0.2, -0.15) is 0 Å². The van der Waals surface area contributed by atoms with Gasteiger partial charge < -0.3 is 15.3 Å². The van der Waals surface area contributed by atoms with E-state index in [-0.39, 0.29) is 18.6 Å². The Morgan fingerprint density at radius 2 is 2.16 bits per heavy atom. The van der Waals surface area contributed by atoms with E-state index >= 15 is 0 Å². The van der Waals surface area contributed by atoms with Crippen LogP contribution in [0, 0.1) is 5.92 Å². The average molecular weight is 270 g/mol. The van der Waals surface area contributed by atoms with Gasteiger partial charge in [0.25, 0.3) is 0 Å². The molecule has 112 valence electrons. The predicted molar refractivity (Wildman–Crippen MR) is 78.1 cm³/mol. The van der Waals surface area contributed by atoms with Crippen LogP contribution in [0.2, 0.25) is 0 Å². The van der Waals surface area contributed by atoms with E-state index in [1.807, 2.05) is 4.90 Å². The van der Waals surface area contributed by atoms with E-state index in [0.717, 1.165) is 38.6 Å². The largest absolute Gasteiger partial charge is 0.396 e. The summed E-state index contributed by atoms with van der Waals surface area (Å²) in [6.07, 6.45) is 7.63. The van der Waals surface area contributed by atoms with Gasteiger partial charge >= 0.3 is 6.03 Å². The molecule has 1 aliphatic rings. The van der Waals surface area contributed by atoms with Crippen LogP contribution >= 0.6 is 0 Å². The molecule has 1 fully saturated rings. The maximum atomic E-state index is 12.2. The summed E-state index contributed by atoms with van der Waals surface area (Å²) in [6, 6.07) is 0.375. The van der Waals surface area contributed by atoms with E-state index in [1.54, 1.807) is 0 Å². The topological polar surface area (TPSA) is 52.6 Å². The lowest BCUT2D eigenvalue weighted by Crippen LogP contribution is -2.49. The van der Waals surface area contributed by atoms with Gasteiger partial charge in [-0.05, 0) is 31.6 Å². The molecule has 19 heavy (non-hydrogen) atoms. The molecular formula is C15H30N2O2. The van der Waals surface area contributed by atoms with Crippen molar-refractivity contribution < 1.29 is 9.90 Å². The fraction of sp³-hybridized carbons (Fsp3) is 0.933. The minimum absolute atomic E-state index is 0.0627. The Morgan fingerprint density at radius 1 is 1.37 bits per heavy atom. The summed E-state index contributed by atoms with van der Waals surface area (Å²) in [5.41, 5.74) is 0. The number of hydrogen-bond acceptors (Lipinski definition) is 2. The number of nitrogens with zero attached hydrogens (tertiary/aromatic N) is 1. The van der Waals surface area contributed by atoms with Gasteiger partial charge in [-0.3, -0.25) is 0 Å². The number of aliphatic hydroxyl groups is 1. The Hall–Kier alpha value is -0.770. The summed E-state index contributed by atoms with van der Waals surface area (Å²) in [7, 11) is 0. The first-order valence-electron chi connectivity index (χ1n) is 7.87. The molecule has 0 radical (unpaired) electrons. The first-order chi connectivity index (χ1) is 9.21. The molecule has 1 rings (SSSR count). The number of rotatable bonds is 7. The summed E-state index contributed by atoms with van der Waals surface area (Å²) in [5, 5.41) is 12.4. The number of aliphatic hydroxyl groups excluding tert-OH is 1. The number of amides is 2. The van der Waals surface area contributed by atoms with Gasteiger partial charge in [-0.15, -0.1) is 0 Å². The van der Waals surface area contributed by atoms with Crippen LogP contribution in [0.25, 0.3) is 0 Å². The molecule has 0 aromatic heterocycles. The molecule has 4 nitrogen and oxygen atoms in total. The van der Waals surface area contributed by atoms with Gasteiger partial charge in [-0.1, -0.05) is 33.1 Å². The van der Waals surface area contributed by atoms with Gasteiger partial charge in [0.1, 0.15) is 0 Å². The zero-order chi connectivity index (χ0) is 14.1. The van der Waals surface area contributed by atoms with Crippen LogP contribution in [0.15, 0.2) is 0 Å². The van der Waals surface area contributed by atoms with Gasteiger partial charge in [0.15, 0.2) is 0 Å². The molecule has 1 aliphatic heterocycles. The van der Waals surface area contributed by atoms with Crippen LogP contribution < -0.4 is 5.32 Å². The van der Waals surface area contributed by atoms with Crippen molar-refractivity contribution in [3.63, 3.8) is 0 Å². The molecule has 0 bridgehead atoms. The molecule has 0 aromatic rings. The van der Waals surface area contributed by atoms with Gasteiger partial charge in [0.05, 0.1) is 0 Å². The van der Waals surface area contributed by atoms with Gasteiger partial charge in [0.2, 0.25) is 0 Å². The molecule has 2 amide bonds. The summed E-state index contributed by atoms with van der Waals surface area (Å²) >= 11 is 0. The number of carbonyl (C=O) groups is 1. The Morgan fingerprint density at radius 3 is 2.79 bits per heavy atom. The molecule has 2 atom stereocenters. The van der Waals surface area contributed by atoms with Crippen molar-refractivity contribution in [1.29, 1.82) is 0 Å². The Bertz CT molecular complexity index is 259. The molecule has 4 heteroatoms. The van der Waals surface area contributed by atoms with Crippen LogP contribution in [0.5, 0.6) is 0 Å². The van der Waals surface area contributed by atoms with E-state index in [0.29, 0.717) is 12.6 Å². The molecule has 0 saturated carbocycles. The van der Waals surface area contributed by atoms with Crippen molar-refractivity contribution in [2.75, 3.05) is 19.7 Å². The zero-order valence-corrected chi connectivity index (χ0v) is 12.5. The third kappa shape index (κ3) is 5.81.